The number of aryl methyl sites for hydroxylation is 1. The number of carboxylic acids is 1. The van der Waals surface area contributed by atoms with Crippen LogP contribution in [-0.2, 0) is 4.79 Å². The maximum atomic E-state index is 10.7. The summed E-state index contributed by atoms with van der Waals surface area (Å²) in [4.78, 5) is 12.7. The first kappa shape index (κ1) is 11.8. The Kier molecular flexibility index (Phi) is 3.91. The second-order valence-electron chi connectivity index (χ2n) is 4.01. The van der Waals surface area contributed by atoms with Gasteiger partial charge < -0.3 is 14.4 Å². The minimum atomic E-state index is -0.795. The van der Waals surface area contributed by atoms with Gasteiger partial charge in [-0.25, -0.2) is 0 Å². The Morgan fingerprint density at radius 2 is 2.20 bits per heavy atom. The quantitative estimate of drug-likeness (QED) is 0.805. The van der Waals surface area contributed by atoms with Gasteiger partial charge in [0.1, 0.15) is 11.5 Å². The molecule has 15 heavy (non-hydrogen) atoms. The van der Waals surface area contributed by atoms with Gasteiger partial charge in [0.25, 0.3) is 0 Å². The van der Waals surface area contributed by atoms with Gasteiger partial charge in [0.2, 0.25) is 0 Å². The maximum absolute atomic E-state index is 10.7. The Morgan fingerprint density at radius 3 is 2.60 bits per heavy atom. The van der Waals surface area contributed by atoms with Crippen LogP contribution in [0.15, 0.2) is 16.5 Å². The molecule has 1 heterocycles. The van der Waals surface area contributed by atoms with Gasteiger partial charge in [0, 0.05) is 12.5 Å². The zero-order chi connectivity index (χ0) is 11.4. The molecule has 1 rings (SSSR count). The summed E-state index contributed by atoms with van der Waals surface area (Å²) in [5.74, 6) is 0.699. The fourth-order valence-corrected chi connectivity index (χ4v) is 1.58. The Morgan fingerprint density at radius 1 is 1.53 bits per heavy atom. The molecule has 0 bridgehead atoms. The number of likely N-dealkylation sites (N-methyl/N-ethyl adjacent to an activating group) is 1. The molecule has 4 nitrogen and oxygen atoms in total. The molecule has 0 aliphatic heterocycles. The molecule has 0 saturated heterocycles. The zero-order valence-electron chi connectivity index (χ0n) is 9.36. The highest BCUT2D eigenvalue weighted by Crippen LogP contribution is 2.22. The molecule has 0 spiro atoms. The first-order valence-electron chi connectivity index (χ1n) is 4.92. The third kappa shape index (κ3) is 3.75. The van der Waals surface area contributed by atoms with E-state index in [2.05, 4.69) is 0 Å². The number of hydrogen-bond acceptors (Lipinski definition) is 3. The van der Waals surface area contributed by atoms with Crippen LogP contribution in [0.4, 0.5) is 0 Å². The molecular formula is C11H17NO3. The molecule has 1 aromatic rings. The second kappa shape index (κ2) is 4.98. The molecule has 84 valence electrons. The van der Waals surface area contributed by atoms with Crippen molar-refractivity contribution in [3.05, 3.63) is 23.7 Å². The molecule has 0 fully saturated rings. The first-order valence-corrected chi connectivity index (χ1v) is 4.92. The summed E-state index contributed by atoms with van der Waals surface area (Å²) in [6.07, 6.45) is 0.102. The van der Waals surface area contributed by atoms with Crippen molar-refractivity contribution in [1.29, 1.82) is 0 Å². The van der Waals surface area contributed by atoms with Crippen LogP contribution in [0.5, 0.6) is 0 Å². The lowest BCUT2D eigenvalue weighted by molar-refractivity contribution is -0.137. The Labute approximate surface area is 89.5 Å². The molecule has 1 atom stereocenters. The standard InChI is InChI=1S/C11H17NO3/c1-8-4-5-10(15-8)9(6-11(13)14)7-12(2)3/h4-5,9H,6-7H2,1-3H3,(H,13,14). The molecule has 0 aliphatic carbocycles. The molecule has 0 amide bonds. The van der Waals surface area contributed by atoms with E-state index in [1.54, 1.807) is 0 Å². The fraction of sp³-hybridized carbons (Fsp3) is 0.545. The maximum Gasteiger partial charge on any atom is 0.304 e. The number of nitrogens with zero attached hydrogens (tertiary/aromatic N) is 1. The smallest absolute Gasteiger partial charge is 0.304 e. The van der Waals surface area contributed by atoms with Crippen LogP contribution in [0.2, 0.25) is 0 Å². The lowest BCUT2D eigenvalue weighted by Gasteiger charge is -2.17. The van der Waals surface area contributed by atoms with Crippen LogP contribution >= 0.6 is 0 Å². The van der Waals surface area contributed by atoms with E-state index in [-0.39, 0.29) is 12.3 Å². The van der Waals surface area contributed by atoms with Crippen molar-refractivity contribution in [2.45, 2.75) is 19.3 Å². The summed E-state index contributed by atoms with van der Waals surface area (Å²) >= 11 is 0. The number of aliphatic carboxylic acids is 1. The molecule has 4 heteroatoms. The van der Waals surface area contributed by atoms with Crippen molar-refractivity contribution >= 4 is 5.97 Å². The van der Waals surface area contributed by atoms with E-state index in [0.717, 1.165) is 11.5 Å². The number of hydrogen-bond donors (Lipinski definition) is 1. The lowest BCUT2D eigenvalue weighted by Crippen LogP contribution is -2.22. The average molecular weight is 211 g/mol. The number of carboxylic acid groups (broad SMARTS) is 1. The summed E-state index contributed by atoms with van der Waals surface area (Å²) in [6, 6.07) is 3.71. The Hall–Kier alpha value is -1.29. The van der Waals surface area contributed by atoms with Crippen molar-refractivity contribution < 1.29 is 14.3 Å². The molecule has 1 unspecified atom stereocenters. The molecule has 0 radical (unpaired) electrons. The van der Waals surface area contributed by atoms with E-state index in [0.29, 0.717) is 6.54 Å². The third-order valence-corrected chi connectivity index (χ3v) is 2.17. The highest BCUT2D eigenvalue weighted by atomic mass is 16.4. The van der Waals surface area contributed by atoms with Crippen LogP contribution in [0.3, 0.4) is 0 Å². The predicted molar refractivity (Wildman–Crippen MR) is 57.0 cm³/mol. The van der Waals surface area contributed by atoms with Crippen molar-refractivity contribution in [2.75, 3.05) is 20.6 Å². The summed E-state index contributed by atoms with van der Waals surface area (Å²) < 4.78 is 5.46. The highest BCUT2D eigenvalue weighted by molar-refractivity contribution is 5.67. The largest absolute Gasteiger partial charge is 0.481 e. The van der Waals surface area contributed by atoms with Gasteiger partial charge in [-0.05, 0) is 33.2 Å². The monoisotopic (exact) mass is 211 g/mol. The lowest BCUT2D eigenvalue weighted by atomic mass is 10.0. The van der Waals surface area contributed by atoms with Crippen LogP contribution in [0, 0.1) is 6.92 Å². The minimum Gasteiger partial charge on any atom is -0.481 e. The number of carbonyl (C=O) groups is 1. The number of rotatable bonds is 5. The van der Waals surface area contributed by atoms with E-state index in [9.17, 15) is 4.79 Å². The van der Waals surface area contributed by atoms with Crippen molar-refractivity contribution in [3.8, 4) is 0 Å². The highest BCUT2D eigenvalue weighted by Gasteiger charge is 2.19. The minimum absolute atomic E-state index is 0.0776. The molecule has 1 N–H and O–H groups in total. The second-order valence-corrected chi connectivity index (χ2v) is 4.01. The van der Waals surface area contributed by atoms with E-state index in [1.807, 2.05) is 38.1 Å². The van der Waals surface area contributed by atoms with Crippen LogP contribution in [0.25, 0.3) is 0 Å². The third-order valence-electron chi connectivity index (χ3n) is 2.17. The molecule has 0 aromatic carbocycles. The molecule has 0 aliphatic rings. The van der Waals surface area contributed by atoms with Gasteiger partial charge in [-0.1, -0.05) is 0 Å². The van der Waals surface area contributed by atoms with Gasteiger partial charge in [0.15, 0.2) is 0 Å². The normalized spacial score (nSPS) is 13.1. The van der Waals surface area contributed by atoms with Gasteiger partial charge in [-0.3, -0.25) is 4.79 Å². The summed E-state index contributed by atoms with van der Waals surface area (Å²) in [6.45, 7) is 2.54. The average Bonchev–Trinajstić information content (AvgIpc) is 2.48. The SMILES string of the molecule is Cc1ccc(C(CC(=O)O)CN(C)C)o1. The zero-order valence-corrected chi connectivity index (χ0v) is 9.36. The molecular weight excluding hydrogens is 194 g/mol. The van der Waals surface area contributed by atoms with Crippen LogP contribution < -0.4 is 0 Å². The Balaban J connectivity index is 2.75. The van der Waals surface area contributed by atoms with Gasteiger partial charge in [-0.2, -0.15) is 0 Å². The topological polar surface area (TPSA) is 53.7 Å². The number of furan rings is 1. The fourth-order valence-electron chi connectivity index (χ4n) is 1.58. The summed E-state index contributed by atoms with van der Waals surface area (Å²) in [7, 11) is 3.84. The molecule has 1 aromatic heterocycles. The summed E-state index contributed by atoms with van der Waals surface area (Å²) in [5.41, 5.74) is 0. The predicted octanol–water partition coefficient (Wildman–Crippen LogP) is 1.71. The van der Waals surface area contributed by atoms with Gasteiger partial charge in [-0.15, -0.1) is 0 Å². The van der Waals surface area contributed by atoms with E-state index in [1.165, 1.54) is 0 Å². The van der Waals surface area contributed by atoms with Crippen LogP contribution in [-0.4, -0.2) is 36.6 Å². The van der Waals surface area contributed by atoms with E-state index >= 15 is 0 Å². The van der Waals surface area contributed by atoms with E-state index < -0.39 is 5.97 Å². The first-order chi connectivity index (χ1) is 6.99. The Bertz CT molecular complexity index is 330. The van der Waals surface area contributed by atoms with Crippen molar-refractivity contribution in [3.63, 3.8) is 0 Å². The molecule has 0 saturated carbocycles. The summed E-state index contributed by atoms with van der Waals surface area (Å²) in [5, 5.41) is 8.80. The van der Waals surface area contributed by atoms with Gasteiger partial charge >= 0.3 is 5.97 Å². The van der Waals surface area contributed by atoms with Crippen LogP contribution in [0.1, 0.15) is 23.9 Å². The van der Waals surface area contributed by atoms with Crippen molar-refractivity contribution in [1.82, 2.24) is 4.90 Å². The van der Waals surface area contributed by atoms with Crippen molar-refractivity contribution in [2.24, 2.45) is 0 Å². The van der Waals surface area contributed by atoms with Gasteiger partial charge in [0.05, 0.1) is 6.42 Å². The van der Waals surface area contributed by atoms with E-state index in [4.69, 9.17) is 9.52 Å².